The highest BCUT2D eigenvalue weighted by Gasteiger charge is 2.27. The number of fused-ring (bicyclic) bond motifs is 5. The Balaban J connectivity index is 1.72. The van der Waals surface area contributed by atoms with Gasteiger partial charge in [0.25, 0.3) is 6.33 Å². The summed E-state index contributed by atoms with van der Waals surface area (Å²) >= 11 is 0. The lowest BCUT2D eigenvalue weighted by atomic mass is 9.81. The van der Waals surface area contributed by atoms with Crippen LogP contribution in [0.25, 0.3) is 60.3 Å². The Labute approximate surface area is 268 Å². The molecule has 3 aromatic heterocycles. The van der Waals surface area contributed by atoms with Crippen molar-refractivity contribution in [2.45, 2.75) is 93.4 Å². The van der Waals surface area contributed by atoms with Crippen LogP contribution in [0.15, 0.2) is 60.9 Å². The van der Waals surface area contributed by atoms with E-state index in [1.165, 1.54) is 82.6 Å². The van der Waals surface area contributed by atoms with Gasteiger partial charge >= 0.3 is 0 Å². The van der Waals surface area contributed by atoms with Crippen molar-refractivity contribution in [2.24, 2.45) is 12.5 Å². The second kappa shape index (κ2) is 10.3. The van der Waals surface area contributed by atoms with E-state index in [0.717, 1.165) is 11.9 Å². The molecule has 3 heterocycles. The smallest absolute Gasteiger partial charge is 0.287 e. The van der Waals surface area contributed by atoms with Crippen molar-refractivity contribution < 1.29 is 4.57 Å². The van der Waals surface area contributed by atoms with Crippen LogP contribution in [-0.2, 0) is 13.5 Å². The molecule has 0 fully saturated rings. The summed E-state index contributed by atoms with van der Waals surface area (Å²) in [6.45, 7) is 23.3. The van der Waals surface area contributed by atoms with Crippen molar-refractivity contribution in [2.75, 3.05) is 0 Å². The first kappa shape index (κ1) is 29.7. The van der Waals surface area contributed by atoms with Gasteiger partial charge in [0.1, 0.15) is 5.52 Å². The van der Waals surface area contributed by atoms with Gasteiger partial charge in [-0.1, -0.05) is 98.7 Å². The quantitative estimate of drug-likeness (QED) is 0.110. The number of benzene rings is 4. The zero-order valence-corrected chi connectivity index (χ0v) is 29.1. The van der Waals surface area contributed by atoms with Crippen LogP contribution >= 0.6 is 0 Å². The molecule has 0 unspecified atom stereocenters. The standard InChI is InChI=1S/C42H48N3/c1-23(2)28-17-31(24(3)4)37(32(18-28)25(5)6)29-19-33-39-35(20-29)45-34-14-12-13-27(21-42(8,9)10)38(34)30-16-15-26(7)36(40(30)45)41(39)44(11)22-43-33/h12-20,22-25H,21H2,1-11H3/q+1. The van der Waals surface area contributed by atoms with E-state index in [-0.39, 0.29) is 5.41 Å². The fraction of sp³-hybridized carbons (Fsp3) is 0.381. The number of pyridine rings is 1. The fourth-order valence-corrected chi connectivity index (χ4v) is 7.85. The van der Waals surface area contributed by atoms with Crippen LogP contribution in [0.4, 0.5) is 0 Å². The monoisotopic (exact) mass is 594 g/mol. The molecule has 0 aliphatic rings. The Bertz CT molecular complexity index is 2240. The molecule has 0 radical (unpaired) electrons. The summed E-state index contributed by atoms with van der Waals surface area (Å²) in [5, 5.41) is 5.30. The van der Waals surface area contributed by atoms with Crippen LogP contribution in [-0.4, -0.2) is 9.38 Å². The van der Waals surface area contributed by atoms with Gasteiger partial charge in [-0.2, -0.15) is 0 Å². The van der Waals surface area contributed by atoms with Crippen molar-refractivity contribution in [1.29, 1.82) is 0 Å². The Morgan fingerprint density at radius 3 is 2.09 bits per heavy atom. The van der Waals surface area contributed by atoms with Crippen molar-refractivity contribution in [3.8, 4) is 11.1 Å². The third-order valence-corrected chi connectivity index (χ3v) is 9.92. The van der Waals surface area contributed by atoms with Crippen LogP contribution in [0.1, 0.15) is 108 Å². The summed E-state index contributed by atoms with van der Waals surface area (Å²) in [5.41, 5.74) is 16.0. The second-order valence-electron chi connectivity index (χ2n) is 15.7. The Morgan fingerprint density at radius 1 is 0.778 bits per heavy atom. The van der Waals surface area contributed by atoms with Gasteiger partial charge < -0.3 is 4.40 Å². The highest BCUT2D eigenvalue weighted by atomic mass is 15.0. The van der Waals surface area contributed by atoms with Gasteiger partial charge in [-0.25, -0.2) is 4.57 Å². The number of aromatic nitrogens is 3. The van der Waals surface area contributed by atoms with Crippen molar-refractivity contribution in [3.63, 3.8) is 0 Å². The lowest BCUT2D eigenvalue weighted by Crippen LogP contribution is -2.30. The van der Waals surface area contributed by atoms with Crippen LogP contribution in [0.5, 0.6) is 0 Å². The van der Waals surface area contributed by atoms with Gasteiger partial charge in [0.05, 0.1) is 29.0 Å². The van der Waals surface area contributed by atoms with Gasteiger partial charge in [-0.15, -0.1) is 0 Å². The Hall–Kier alpha value is -3.98. The van der Waals surface area contributed by atoms with Gasteiger partial charge in [-0.05, 0) is 98.6 Å². The van der Waals surface area contributed by atoms with E-state index in [2.05, 4.69) is 140 Å². The third-order valence-electron chi connectivity index (χ3n) is 9.92. The molecule has 0 spiro atoms. The van der Waals surface area contributed by atoms with E-state index in [1.807, 2.05) is 6.33 Å². The minimum Gasteiger partial charge on any atom is -0.307 e. The topological polar surface area (TPSA) is 21.2 Å². The lowest BCUT2D eigenvalue weighted by molar-refractivity contribution is -0.646. The predicted octanol–water partition coefficient (Wildman–Crippen LogP) is 11.1. The molecule has 0 bridgehead atoms. The molecule has 0 saturated carbocycles. The molecule has 45 heavy (non-hydrogen) atoms. The molecule has 4 aromatic carbocycles. The summed E-state index contributed by atoms with van der Waals surface area (Å²) < 4.78 is 4.81. The minimum atomic E-state index is 0.186. The third kappa shape index (κ3) is 4.53. The molecular weight excluding hydrogens is 546 g/mol. The molecular formula is C42H48N3+. The highest BCUT2D eigenvalue weighted by Crippen LogP contribution is 2.45. The maximum absolute atomic E-state index is 5.11. The molecule has 7 rings (SSSR count). The van der Waals surface area contributed by atoms with Crippen molar-refractivity contribution in [1.82, 2.24) is 9.38 Å². The normalized spacial score (nSPS) is 13.0. The average Bonchev–Trinajstić information content (AvgIpc) is 3.31. The summed E-state index contributed by atoms with van der Waals surface area (Å²) in [6, 6.07) is 21.4. The molecule has 0 N–H and O–H groups in total. The van der Waals surface area contributed by atoms with E-state index in [9.17, 15) is 0 Å². The number of hydrogen-bond acceptors (Lipinski definition) is 1. The van der Waals surface area contributed by atoms with E-state index in [4.69, 9.17) is 4.98 Å². The maximum atomic E-state index is 5.11. The number of hydrogen-bond donors (Lipinski definition) is 0. The average molecular weight is 595 g/mol. The molecule has 3 nitrogen and oxygen atoms in total. The van der Waals surface area contributed by atoms with Crippen LogP contribution in [0.2, 0.25) is 0 Å². The number of nitrogens with zero attached hydrogens (tertiary/aromatic N) is 3. The summed E-state index contributed by atoms with van der Waals surface area (Å²) in [4.78, 5) is 5.11. The minimum absolute atomic E-state index is 0.186. The molecule has 3 heteroatoms. The fourth-order valence-electron chi connectivity index (χ4n) is 7.85. The molecule has 0 amide bonds. The van der Waals surface area contributed by atoms with Crippen LogP contribution < -0.4 is 4.57 Å². The molecule has 0 atom stereocenters. The zero-order valence-electron chi connectivity index (χ0n) is 29.1. The number of rotatable bonds is 5. The predicted molar refractivity (Wildman–Crippen MR) is 193 cm³/mol. The first-order chi connectivity index (χ1) is 21.3. The van der Waals surface area contributed by atoms with Crippen LogP contribution in [0.3, 0.4) is 0 Å². The largest absolute Gasteiger partial charge is 0.307 e. The molecule has 7 aromatic rings. The van der Waals surface area contributed by atoms with E-state index < -0.39 is 0 Å². The first-order valence-corrected chi connectivity index (χ1v) is 16.8. The maximum Gasteiger partial charge on any atom is 0.287 e. The molecule has 0 aliphatic carbocycles. The lowest BCUT2D eigenvalue weighted by Gasteiger charge is -2.24. The van der Waals surface area contributed by atoms with Crippen molar-refractivity contribution in [3.05, 3.63) is 88.7 Å². The molecule has 0 aliphatic heterocycles. The Kier molecular flexibility index (Phi) is 6.78. The van der Waals surface area contributed by atoms with Gasteiger partial charge in [0, 0.05) is 16.2 Å². The first-order valence-electron chi connectivity index (χ1n) is 16.8. The van der Waals surface area contributed by atoms with Gasteiger partial charge in [0.15, 0.2) is 5.52 Å². The van der Waals surface area contributed by atoms with E-state index in [0.29, 0.717) is 17.8 Å². The van der Waals surface area contributed by atoms with Gasteiger partial charge in [0.2, 0.25) is 0 Å². The van der Waals surface area contributed by atoms with E-state index >= 15 is 0 Å². The second-order valence-corrected chi connectivity index (χ2v) is 15.7. The van der Waals surface area contributed by atoms with E-state index in [1.54, 1.807) is 0 Å². The molecule has 0 saturated heterocycles. The Morgan fingerprint density at radius 2 is 1.47 bits per heavy atom. The van der Waals surface area contributed by atoms with Crippen molar-refractivity contribution >= 4 is 49.1 Å². The highest BCUT2D eigenvalue weighted by molar-refractivity contribution is 6.26. The summed E-state index contributed by atoms with van der Waals surface area (Å²) in [7, 11) is 2.15. The zero-order chi connectivity index (χ0) is 32.1. The number of aryl methyl sites for hydroxylation is 2. The van der Waals surface area contributed by atoms with Crippen LogP contribution in [0, 0.1) is 12.3 Å². The SMILES string of the molecule is Cc1ccc2c3c(CC(C)(C)C)cccc3n3c4cc(-c5c(C(C)C)cc(C(C)C)cc5C(C)C)cc5nc[n+](C)c(c1c23)c54. The summed E-state index contributed by atoms with van der Waals surface area (Å²) in [5.74, 6) is 1.29. The summed E-state index contributed by atoms with van der Waals surface area (Å²) in [6.07, 6.45) is 3.05. The molecule has 230 valence electrons. The van der Waals surface area contributed by atoms with Gasteiger partial charge in [-0.3, -0.25) is 0 Å².